The molecule has 1 aromatic rings. The Morgan fingerprint density at radius 3 is 2.95 bits per heavy atom. The highest BCUT2D eigenvalue weighted by molar-refractivity contribution is 5.93. The second-order valence-corrected chi connectivity index (χ2v) is 5.52. The van der Waals surface area contributed by atoms with Crippen molar-refractivity contribution in [3.8, 4) is 0 Å². The average Bonchev–Trinajstić information content (AvgIpc) is 2.91. The van der Waals surface area contributed by atoms with Crippen molar-refractivity contribution < 1.29 is 9.72 Å². The van der Waals surface area contributed by atoms with Gasteiger partial charge in [0.1, 0.15) is 5.69 Å². The summed E-state index contributed by atoms with van der Waals surface area (Å²) < 4.78 is 1.64. The standard InChI is InChI=1S/C14H22N4O3/c1-3-17-10-12(18(20)21)7-13(17)14(19)16(2)9-11-5-4-6-15-8-11/h7,10-11,15H,3-6,8-9H2,1-2H3. The largest absolute Gasteiger partial charge is 0.340 e. The van der Waals surface area contributed by atoms with Crippen LogP contribution in [0.4, 0.5) is 5.69 Å². The first-order valence-electron chi connectivity index (χ1n) is 7.33. The Bertz CT molecular complexity index is 520. The zero-order chi connectivity index (χ0) is 15.4. The molecule has 0 aliphatic carbocycles. The van der Waals surface area contributed by atoms with Crippen LogP contribution in [0, 0.1) is 16.0 Å². The molecule has 1 aromatic heterocycles. The number of nitrogens with one attached hydrogen (secondary N) is 1. The lowest BCUT2D eigenvalue weighted by Crippen LogP contribution is -2.39. The monoisotopic (exact) mass is 294 g/mol. The highest BCUT2D eigenvalue weighted by atomic mass is 16.6. The van der Waals surface area contributed by atoms with E-state index in [1.54, 1.807) is 16.5 Å². The Hall–Kier alpha value is -1.89. The van der Waals surface area contributed by atoms with Crippen molar-refractivity contribution in [3.63, 3.8) is 0 Å². The zero-order valence-corrected chi connectivity index (χ0v) is 12.5. The number of nitrogens with zero attached hydrogens (tertiary/aromatic N) is 3. The summed E-state index contributed by atoms with van der Waals surface area (Å²) >= 11 is 0. The zero-order valence-electron chi connectivity index (χ0n) is 12.5. The smallest absolute Gasteiger partial charge is 0.287 e. The molecule has 2 rings (SSSR count). The first-order valence-corrected chi connectivity index (χ1v) is 7.33. The first kappa shape index (κ1) is 15.5. The van der Waals surface area contributed by atoms with Crippen LogP contribution in [0.1, 0.15) is 30.3 Å². The van der Waals surface area contributed by atoms with Crippen LogP contribution in [0.15, 0.2) is 12.3 Å². The van der Waals surface area contributed by atoms with E-state index < -0.39 is 4.92 Å². The molecule has 1 atom stereocenters. The maximum atomic E-state index is 12.5. The Balaban J connectivity index is 2.09. The van der Waals surface area contributed by atoms with Crippen LogP contribution in [0.25, 0.3) is 0 Å². The highest BCUT2D eigenvalue weighted by Crippen LogP contribution is 2.19. The van der Waals surface area contributed by atoms with Gasteiger partial charge in [0.25, 0.3) is 11.6 Å². The van der Waals surface area contributed by atoms with E-state index in [1.165, 1.54) is 12.3 Å². The third kappa shape index (κ3) is 3.60. The number of piperidine rings is 1. The molecule has 116 valence electrons. The van der Waals surface area contributed by atoms with E-state index >= 15 is 0 Å². The van der Waals surface area contributed by atoms with Gasteiger partial charge in [-0.25, -0.2) is 0 Å². The van der Waals surface area contributed by atoms with Gasteiger partial charge < -0.3 is 14.8 Å². The average molecular weight is 294 g/mol. The van der Waals surface area contributed by atoms with Crippen molar-refractivity contribution in [2.45, 2.75) is 26.3 Å². The van der Waals surface area contributed by atoms with Gasteiger partial charge in [0, 0.05) is 26.2 Å². The van der Waals surface area contributed by atoms with Gasteiger partial charge in [0.15, 0.2) is 0 Å². The number of carbonyl (C=O) groups is 1. The highest BCUT2D eigenvalue weighted by Gasteiger charge is 2.23. The van der Waals surface area contributed by atoms with Crippen molar-refractivity contribution in [3.05, 3.63) is 28.1 Å². The summed E-state index contributed by atoms with van der Waals surface area (Å²) in [6.07, 6.45) is 3.66. The molecule has 7 heteroatoms. The Labute approximate surface area is 124 Å². The van der Waals surface area contributed by atoms with Crippen LogP contribution in [0.5, 0.6) is 0 Å². The van der Waals surface area contributed by atoms with Crippen molar-refractivity contribution >= 4 is 11.6 Å². The number of nitro groups is 1. The van der Waals surface area contributed by atoms with Gasteiger partial charge in [-0.2, -0.15) is 0 Å². The van der Waals surface area contributed by atoms with Gasteiger partial charge in [-0.1, -0.05) is 0 Å². The van der Waals surface area contributed by atoms with Crippen LogP contribution in [-0.2, 0) is 6.54 Å². The number of hydrogen-bond acceptors (Lipinski definition) is 4. The SMILES string of the molecule is CCn1cc([N+](=O)[O-])cc1C(=O)N(C)CC1CCCNC1. The molecule has 1 N–H and O–H groups in total. The Morgan fingerprint density at radius 2 is 2.38 bits per heavy atom. The van der Waals surface area contributed by atoms with Gasteiger partial charge in [-0.05, 0) is 38.8 Å². The Morgan fingerprint density at radius 1 is 1.62 bits per heavy atom. The van der Waals surface area contributed by atoms with E-state index in [9.17, 15) is 14.9 Å². The number of amides is 1. The Kier molecular flexibility index (Phi) is 4.95. The van der Waals surface area contributed by atoms with E-state index in [0.29, 0.717) is 24.7 Å². The van der Waals surface area contributed by atoms with Gasteiger partial charge in [0.05, 0.1) is 11.1 Å². The van der Waals surface area contributed by atoms with Gasteiger partial charge in [0.2, 0.25) is 0 Å². The molecule has 1 fully saturated rings. The van der Waals surface area contributed by atoms with Crippen LogP contribution >= 0.6 is 0 Å². The lowest BCUT2D eigenvalue weighted by Gasteiger charge is -2.27. The van der Waals surface area contributed by atoms with Gasteiger partial charge in [-0.15, -0.1) is 0 Å². The van der Waals surface area contributed by atoms with E-state index in [2.05, 4.69) is 5.32 Å². The number of carbonyl (C=O) groups excluding carboxylic acids is 1. The van der Waals surface area contributed by atoms with Crippen molar-refractivity contribution in [1.82, 2.24) is 14.8 Å². The summed E-state index contributed by atoms with van der Waals surface area (Å²) in [5, 5.41) is 14.2. The maximum Gasteiger partial charge on any atom is 0.287 e. The topological polar surface area (TPSA) is 80.4 Å². The molecule has 1 amide bonds. The summed E-state index contributed by atoms with van der Waals surface area (Å²) in [5.74, 6) is 0.295. The summed E-state index contributed by atoms with van der Waals surface area (Å²) in [5.41, 5.74) is 0.350. The molecule has 0 spiro atoms. The number of rotatable bonds is 5. The number of aromatic nitrogens is 1. The molecule has 0 aromatic carbocycles. The van der Waals surface area contributed by atoms with Gasteiger partial charge >= 0.3 is 0 Å². The fourth-order valence-corrected chi connectivity index (χ4v) is 2.78. The second-order valence-electron chi connectivity index (χ2n) is 5.52. The molecular weight excluding hydrogens is 272 g/mol. The number of hydrogen-bond donors (Lipinski definition) is 1. The normalized spacial score (nSPS) is 18.5. The lowest BCUT2D eigenvalue weighted by molar-refractivity contribution is -0.384. The minimum atomic E-state index is -0.464. The van der Waals surface area contributed by atoms with Gasteiger partial charge in [-0.3, -0.25) is 14.9 Å². The minimum absolute atomic E-state index is 0.0343. The lowest BCUT2D eigenvalue weighted by atomic mass is 9.99. The molecule has 7 nitrogen and oxygen atoms in total. The molecule has 21 heavy (non-hydrogen) atoms. The predicted molar refractivity (Wildman–Crippen MR) is 79.3 cm³/mol. The van der Waals surface area contributed by atoms with Crippen molar-refractivity contribution in [2.75, 3.05) is 26.7 Å². The maximum absolute atomic E-state index is 12.5. The molecule has 1 aliphatic rings. The van der Waals surface area contributed by atoms with Crippen molar-refractivity contribution in [2.24, 2.45) is 5.92 Å². The molecule has 1 aliphatic heterocycles. The molecule has 2 heterocycles. The fourth-order valence-electron chi connectivity index (χ4n) is 2.78. The van der Waals surface area contributed by atoms with Crippen molar-refractivity contribution in [1.29, 1.82) is 0 Å². The molecule has 0 radical (unpaired) electrons. The molecule has 0 bridgehead atoms. The van der Waals surface area contributed by atoms with Crippen LogP contribution in [0.2, 0.25) is 0 Å². The molecule has 0 saturated carbocycles. The third-order valence-corrected chi connectivity index (χ3v) is 3.93. The number of aryl methyl sites for hydroxylation is 1. The van der Waals surface area contributed by atoms with E-state index in [4.69, 9.17) is 0 Å². The summed E-state index contributed by atoms with van der Waals surface area (Å²) in [6.45, 7) is 5.04. The minimum Gasteiger partial charge on any atom is -0.340 e. The molecule has 1 saturated heterocycles. The van der Waals surface area contributed by atoms with E-state index in [1.807, 2.05) is 6.92 Å². The fraction of sp³-hybridized carbons (Fsp3) is 0.643. The molecule has 1 unspecified atom stereocenters. The predicted octanol–water partition coefficient (Wildman–Crippen LogP) is 1.49. The van der Waals surface area contributed by atoms with Crippen LogP contribution < -0.4 is 5.32 Å². The summed E-state index contributed by atoms with van der Waals surface area (Å²) in [7, 11) is 1.76. The van der Waals surface area contributed by atoms with E-state index in [0.717, 1.165) is 25.9 Å². The first-order chi connectivity index (χ1) is 10.0. The third-order valence-electron chi connectivity index (χ3n) is 3.93. The summed E-state index contributed by atoms with van der Waals surface area (Å²) in [6, 6.07) is 1.36. The van der Waals surface area contributed by atoms with Crippen LogP contribution in [0.3, 0.4) is 0 Å². The second kappa shape index (κ2) is 6.71. The quantitative estimate of drug-likeness (QED) is 0.659. The molecular formula is C14H22N4O3. The summed E-state index contributed by atoms with van der Waals surface area (Å²) in [4.78, 5) is 24.6. The van der Waals surface area contributed by atoms with E-state index in [-0.39, 0.29) is 11.6 Å². The van der Waals surface area contributed by atoms with Crippen LogP contribution in [-0.4, -0.2) is 47.0 Å².